The van der Waals surface area contributed by atoms with E-state index < -0.39 is 22.2 Å². The summed E-state index contributed by atoms with van der Waals surface area (Å²) in [5, 5.41) is 16.5. The number of halogens is 4. The zero-order valence-electron chi connectivity index (χ0n) is 13.2. The fraction of sp³-hybridized carbons (Fsp3) is 0. The Morgan fingerprint density at radius 1 is 0.963 bits per heavy atom. The van der Waals surface area contributed by atoms with Crippen LogP contribution in [0.15, 0.2) is 42.6 Å². The van der Waals surface area contributed by atoms with E-state index in [1.54, 1.807) is 0 Å². The van der Waals surface area contributed by atoms with E-state index in [1.165, 1.54) is 24.4 Å². The summed E-state index contributed by atoms with van der Waals surface area (Å²) in [5.41, 5.74) is -0.140. The van der Waals surface area contributed by atoms with Gasteiger partial charge in [-0.05, 0) is 30.3 Å². The highest BCUT2D eigenvalue weighted by Crippen LogP contribution is 2.28. The molecule has 27 heavy (non-hydrogen) atoms. The fourth-order valence-corrected chi connectivity index (χ4v) is 2.34. The molecule has 2 aromatic carbocycles. The molecule has 0 bridgehead atoms. The zero-order chi connectivity index (χ0) is 19.6. The largest absolute Gasteiger partial charge is 0.339 e. The average molecular weight is 412 g/mol. The number of aromatic nitrogens is 2. The second-order valence-corrected chi connectivity index (χ2v) is 6.01. The first-order valence-corrected chi connectivity index (χ1v) is 8.04. The molecule has 7 nitrogen and oxygen atoms in total. The van der Waals surface area contributed by atoms with Crippen molar-refractivity contribution in [2.75, 3.05) is 10.6 Å². The van der Waals surface area contributed by atoms with Crippen molar-refractivity contribution in [3.63, 3.8) is 0 Å². The summed E-state index contributed by atoms with van der Waals surface area (Å²) in [6.45, 7) is 0. The van der Waals surface area contributed by atoms with Crippen LogP contribution in [0.1, 0.15) is 0 Å². The van der Waals surface area contributed by atoms with Crippen molar-refractivity contribution in [1.82, 2.24) is 9.97 Å². The monoisotopic (exact) mass is 411 g/mol. The first-order valence-electron chi connectivity index (χ1n) is 7.29. The highest BCUT2D eigenvalue weighted by Gasteiger charge is 2.15. The van der Waals surface area contributed by atoms with Crippen LogP contribution in [-0.4, -0.2) is 14.9 Å². The smallest absolute Gasteiger partial charge is 0.306 e. The molecule has 0 atom stereocenters. The highest BCUT2D eigenvalue weighted by molar-refractivity contribution is 6.33. The Kier molecular flexibility index (Phi) is 5.33. The van der Waals surface area contributed by atoms with Crippen LogP contribution in [0, 0.1) is 21.7 Å². The molecule has 0 aliphatic heterocycles. The Bertz CT molecular complexity index is 1040. The summed E-state index contributed by atoms with van der Waals surface area (Å²) in [6, 6.07) is 7.31. The topological polar surface area (TPSA) is 93.0 Å². The maximum absolute atomic E-state index is 13.5. The van der Waals surface area contributed by atoms with Gasteiger partial charge in [0.15, 0.2) is 5.82 Å². The van der Waals surface area contributed by atoms with Crippen LogP contribution in [0.3, 0.4) is 0 Å². The third kappa shape index (κ3) is 4.39. The van der Waals surface area contributed by atoms with Crippen LogP contribution in [0.2, 0.25) is 10.0 Å². The molecule has 0 saturated carbocycles. The Morgan fingerprint density at radius 3 is 2.37 bits per heavy atom. The van der Waals surface area contributed by atoms with Gasteiger partial charge in [-0.3, -0.25) is 10.1 Å². The van der Waals surface area contributed by atoms with Crippen LogP contribution in [0.4, 0.5) is 37.6 Å². The van der Waals surface area contributed by atoms with E-state index >= 15 is 0 Å². The third-order valence-electron chi connectivity index (χ3n) is 3.33. The molecule has 0 aliphatic carbocycles. The molecular formula is C16H9Cl2F2N5O2. The van der Waals surface area contributed by atoms with E-state index in [2.05, 4.69) is 20.6 Å². The molecule has 138 valence electrons. The predicted molar refractivity (Wildman–Crippen MR) is 98.1 cm³/mol. The summed E-state index contributed by atoms with van der Waals surface area (Å²) < 4.78 is 27.0. The van der Waals surface area contributed by atoms with Crippen molar-refractivity contribution >= 4 is 52.0 Å². The summed E-state index contributed by atoms with van der Waals surface area (Å²) in [4.78, 5) is 18.1. The minimum atomic E-state index is -0.963. The molecule has 3 aromatic rings. The molecule has 0 aliphatic rings. The predicted octanol–water partition coefficient (Wildman–Crippen LogP) is 5.46. The van der Waals surface area contributed by atoms with Crippen molar-refractivity contribution in [3.05, 3.63) is 74.4 Å². The van der Waals surface area contributed by atoms with Crippen LogP contribution in [0.25, 0.3) is 0 Å². The number of hydrogen-bond donors (Lipinski definition) is 2. The van der Waals surface area contributed by atoms with Gasteiger partial charge in [0, 0.05) is 17.4 Å². The number of nitro benzene ring substituents is 1. The van der Waals surface area contributed by atoms with Crippen LogP contribution >= 0.6 is 23.2 Å². The molecule has 0 spiro atoms. The molecule has 11 heteroatoms. The molecule has 0 fully saturated rings. The fourth-order valence-electron chi connectivity index (χ4n) is 2.09. The zero-order valence-corrected chi connectivity index (χ0v) is 14.7. The quantitative estimate of drug-likeness (QED) is 0.427. The molecule has 1 heterocycles. The lowest BCUT2D eigenvalue weighted by atomic mass is 10.2. The molecule has 2 N–H and O–H groups in total. The lowest BCUT2D eigenvalue weighted by Gasteiger charge is -2.10. The van der Waals surface area contributed by atoms with E-state index in [0.717, 1.165) is 18.2 Å². The first-order chi connectivity index (χ1) is 12.8. The average Bonchev–Trinajstić information content (AvgIpc) is 2.62. The van der Waals surface area contributed by atoms with Gasteiger partial charge in [0.05, 0.1) is 16.1 Å². The number of anilines is 4. The van der Waals surface area contributed by atoms with Crippen LogP contribution in [0.5, 0.6) is 0 Å². The first kappa shape index (κ1) is 18.7. The summed E-state index contributed by atoms with van der Waals surface area (Å²) in [5.74, 6) is -1.39. The Balaban J connectivity index is 1.86. The maximum atomic E-state index is 13.5. The lowest BCUT2D eigenvalue weighted by Crippen LogP contribution is -2.02. The summed E-state index contributed by atoms with van der Waals surface area (Å²) >= 11 is 11.7. The van der Waals surface area contributed by atoms with E-state index in [9.17, 15) is 18.9 Å². The molecule has 1 aromatic heterocycles. The van der Waals surface area contributed by atoms with Gasteiger partial charge in [0.25, 0.3) is 0 Å². The van der Waals surface area contributed by atoms with Crippen molar-refractivity contribution in [2.24, 2.45) is 0 Å². The number of nitro groups is 1. The standard InChI is InChI=1S/C16H9Cl2F2N5O2/c17-10-3-1-8(5-13(10)20)22-15-11(18)7-21-16(24-15)23-9-2-4-12(19)14(6-9)25(26)27/h1-7H,(H2,21,22,23,24). The summed E-state index contributed by atoms with van der Waals surface area (Å²) in [6.07, 6.45) is 1.28. The molecule has 0 saturated heterocycles. The minimum Gasteiger partial charge on any atom is -0.339 e. The van der Waals surface area contributed by atoms with E-state index in [4.69, 9.17) is 23.2 Å². The Labute approximate surface area is 161 Å². The van der Waals surface area contributed by atoms with Crippen molar-refractivity contribution in [1.29, 1.82) is 0 Å². The van der Waals surface area contributed by atoms with Crippen molar-refractivity contribution in [2.45, 2.75) is 0 Å². The van der Waals surface area contributed by atoms with Gasteiger partial charge in [-0.25, -0.2) is 9.37 Å². The normalized spacial score (nSPS) is 10.5. The second kappa shape index (κ2) is 7.68. The second-order valence-electron chi connectivity index (χ2n) is 5.19. The summed E-state index contributed by atoms with van der Waals surface area (Å²) in [7, 11) is 0. The van der Waals surface area contributed by atoms with Crippen molar-refractivity contribution < 1.29 is 13.7 Å². The Hall–Kier alpha value is -3.04. The van der Waals surface area contributed by atoms with Crippen LogP contribution < -0.4 is 10.6 Å². The molecule has 0 unspecified atom stereocenters. The molecular weight excluding hydrogens is 403 g/mol. The number of benzene rings is 2. The number of nitrogens with zero attached hydrogens (tertiary/aromatic N) is 3. The van der Waals surface area contributed by atoms with E-state index in [0.29, 0.717) is 5.69 Å². The highest BCUT2D eigenvalue weighted by atomic mass is 35.5. The van der Waals surface area contributed by atoms with Crippen molar-refractivity contribution in [3.8, 4) is 0 Å². The van der Waals surface area contributed by atoms with Gasteiger partial charge in [-0.1, -0.05) is 23.2 Å². The SMILES string of the molecule is O=[N+]([O-])c1cc(Nc2ncc(Cl)c(Nc3ccc(Cl)c(F)c3)n2)ccc1F. The van der Waals surface area contributed by atoms with Crippen LogP contribution in [-0.2, 0) is 0 Å². The maximum Gasteiger partial charge on any atom is 0.306 e. The van der Waals surface area contributed by atoms with Gasteiger partial charge >= 0.3 is 5.69 Å². The molecule has 3 rings (SSSR count). The minimum absolute atomic E-state index is 0.0328. The van der Waals surface area contributed by atoms with E-state index in [-0.39, 0.29) is 27.5 Å². The van der Waals surface area contributed by atoms with Gasteiger partial charge < -0.3 is 10.6 Å². The number of nitrogens with one attached hydrogen (secondary N) is 2. The lowest BCUT2D eigenvalue weighted by molar-refractivity contribution is -0.387. The van der Waals surface area contributed by atoms with E-state index in [1.807, 2.05) is 0 Å². The van der Waals surface area contributed by atoms with Gasteiger partial charge in [-0.15, -0.1) is 0 Å². The third-order valence-corrected chi connectivity index (χ3v) is 3.91. The Morgan fingerprint density at radius 2 is 1.67 bits per heavy atom. The van der Waals surface area contributed by atoms with Gasteiger partial charge in [0.1, 0.15) is 10.8 Å². The number of rotatable bonds is 5. The van der Waals surface area contributed by atoms with Gasteiger partial charge in [-0.2, -0.15) is 9.37 Å². The molecule has 0 amide bonds. The molecule has 0 radical (unpaired) electrons. The van der Waals surface area contributed by atoms with Gasteiger partial charge in [0.2, 0.25) is 11.8 Å². The number of hydrogen-bond acceptors (Lipinski definition) is 6.